The number of nitriles is 1. The number of carbonyl (C=O) groups is 1. The number of methoxy groups -OCH3 is 2. The van der Waals surface area contributed by atoms with Crippen molar-refractivity contribution in [1.82, 2.24) is 4.90 Å². The van der Waals surface area contributed by atoms with E-state index in [0.29, 0.717) is 30.2 Å². The van der Waals surface area contributed by atoms with Crippen LogP contribution in [-0.2, 0) is 17.8 Å². The standard InChI is InChI=1S/C20H23N3O3/c1-23(13-16-5-4-6-18(25-2)20(16)26-3)14-19(24)22-17-9-7-15(8-10-17)11-12-21/h4-10H,11,13-14H2,1-3H3,(H,22,24). The van der Waals surface area contributed by atoms with Gasteiger partial charge in [0, 0.05) is 17.8 Å². The molecule has 0 heterocycles. The van der Waals surface area contributed by atoms with Crippen LogP contribution in [-0.4, -0.2) is 38.6 Å². The van der Waals surface area contributed by atoms with Crippen molar-refractivity contribution in [2.45, 2.75) is 13.0 Å². The summed E-state index contributed by atoms with van der Waals surface area (Å²) in [7, 11) is 5.07. The van der Waals surface area contributed by atoms with E-state index in [2.05, 4.69) is 11.4 Å². The molecule has 1 N–H and O–H groups in total. The number of anilines is 1. The molecular formula is C20H23N3O3. The van der Waals surface area contributed by atoms with E-state index in [1.807, 2.05) is 42.3 Å². The van der Waals surface area contributed by atoms with Gasteiger partial charge in [-0.15, -0.1) is 0 Å². The molecule has 0 aromatic heterocycles. The number of benzene rings is 2. The minimum Gasteiger partial charge on any atom is -0.493 e. The number of amides is 1. The van der Waals surface area contributed by atoms with Gasteiger partial charge in [0.05, 0.1) is 33.3 Å². The van der Waals surface area contributed by atoms with Crippen LogP contribution in [0, 0.1) is 11.3 Å². The third-order valence-corrected chi connectivity index (χ3v) is 3.86. The predicted molar refractivity (Wildman–Crippen MR) is 100 cm³/mol. The molecule has 0 bridgehead atoms. The smallest absolute Gasteiger partial charge is 0.238 e. The zero-order valence-electron chi connectivity index (χ0n) is 15.3. The van der Waals surface area contributed by atoms with Crippen molar-refractivity contribution in [3.05, 3.63) is 53.6 Å². The van der Waals surface area contributed by atoms with Crippen molar-refractivity contribution >= 4 is 11.6 Å². The molecule has 2 aromatic rings. The number of rotatable bonds is 8. The maximum atomic E-state index is 12.2. The first-order chi connectivity index (χ1) is 12.6. The van der Waals surface area contributed by atoms with Crippen LogP contribution in [0.1, 0.15) is 11.1 Å². The Balaban J connectivity index is 1.94. The van der Waals surface area contributed by atoms with Crippen molar-refractivity contribution in [3.8, 4) is 17.6 Å². The number of hydrogen-bond donors (Lipinski definition) is 1. The van der Waals surface area contributed by atoms with Crippen molar-refractivity contribution in [2.75, 3.05) is 33.1 Å². The Morgan fingerprint density at radius 1 is 1.15 bits per heavy atom. The molecule has 0 aliphatic heterocycles. The lowest BCUT2D eigenvalue weighted by Crippen LogP contribution is -2.30. The first-order valence-corrected chi connectivity index (χ1v) is 8.21. The third-order valence-electron chi connectivity index (χ3n) is 3.86. The first-order valence-electron chi connectivity index (χ1n) is 8.21. The Morgan fingerprint density at radius 3 is 2.50 bits per heavy atom. The lowest BCUT2D eigenvalue weighted by atomic mass is 10.1. The molecule has 6 nitrogen and oxygen atoms in total. The van der Waals surface area contributed by atoms with E-state index in [1.165, 1.54) is 0 Å². The van der Waals surface area contributed by atoms with Crippen LogP contribution in [0.15, 0.2) is 42.5 Å². The Labute approximate surface area is 153 Å². The molecule has 0 aliphatic rings. The number of para-hydroxylation sites is 1. The number of likely N-dealkylation sites (N-methyl/N-ethyl adjacent to an activating group) is 1. The lowest BCUT2D eigenvalue weighted by molar-refractivity contribution is -0.117. The average Bonchev–Trinajstić information content (AvgIpc) is 2.63. The highest BCUT2D eigenvalue weighted by molar-refractivity contribution is 5.92. The van der Waals surface area contributed by atoms with E-state index in [-0.39, 0.29) is 12.5 Å². The summed E-state index contributed by atoms with van der Waals surface area (Å²) in [5.74, 6) is 1.23. The number of nitrogens with one attached hydrogen (secondary N) is 1. The van der Waals surface area contributed by atoms with Gasteiger partial charge in [0.1, 0.15) is 0 Å². The van der Waals surface area contributed by atoms with Crippen molar-refractivity contribution in [1.29, 1.82) is 5.26 Å². The molecule has 0 aliphatic carbocycles. The molecule has 0 saturated carbocycles. The highest BCUT2D eigenvalue weighted by Gasteiger charge is 2.13. The maximum Gasteiger partial charge on any atom is 0.238 e. The molecule has 136 valence electrons. The van der Waals surface area contributed by atoms with Crippen LogP contribution in [0.3, 0.4) is 0 Å². The van der Waals surface area contributed by atoms with Crippen LogP contribution in [0.25, 0.3) is 0 Å². The van der Waals surface area contributed by atoms with E-state index < -0.39 is 0 Å². The minimum atomic E-state index is -0.109. The summed E-state index contributed by atoms with van der Waals surface area (Å²) in [6, 6.07) is 15.1. The zero-order valence-corrected chi connectivity index (χ0v) is 15.3. The number of hydrogen-bond acceptors (Lipinski definition) is 5. The summed E-state index contributed by atoms with van der Waals surface area (Å²) in [6.45, 7) is 0.787. The molecule has 0 unspecified atom stereocenters. The van der Waals surface area contributed by atoms with Crippen LogP contribution >= 0.6 is 0 Å². The molecule has 2 rings (SSSR count). The normalized spacial score (nSPS) is 10.3. The van der Waals surface area contributed by atoms with E-state index in [0.717, 1.165) is 11.1 Å². The Bertz CT molecular complexity index is 782. The summed E-state index contributed by atoms with van der Waals surface area (Å²) in [5, 5.41) is 11.5. The quantitative estimate of drug-likeness (QED) is 0.790. The molecule has 0 saturated heterocycles. The third kappa shape index (κ3) is 5.23. The second-order valence-electron chi connectivity index (χ2n) is 5.90. The van der Waals surface area contributed by atoms with Crippen molar-refractivity contribution in [3.63, 3.8) is 0 Å². The second kappa shape index (κ2) is 9.44. The molecule has 6 heteroatoms. The van der Waals surface area contributed by atoms with Gasteiger partial charge in [-0.05, 0) is 30.8 Å². The minimum absolute atomic E-state index is 0.109. The van der Waals surface area contributed by atoms with Crippen LogP contribution in [0.4, 0.5) is 5.69 Å². The summed E-state index contributed by atoms with van der Waals surface area (Å²) >= 11 is 0. The fraction of sp³-hybridized carbons (Fsp3) is 0.300. The molecule has 0 atom stereocenters. The topological polar surface area (TPSA) is 74.6 Å². The first kappa shape index (κ1) is 19.3. The van der Waals surface area contributed by atoms with Gasteiger partial charge in [-0.3, -0.25) is 9.69 Å². The lowest BCUT2D eigenvalue weighted by Gasteiger charge is -2.19. The van der Waals surface area contributed by atoms with Gasteiger partial charge >= 0.3 is 0 Å². The van der Waals surface area contributed by atoms with Crippen LogP contribution in [0.5, 0.6) is 11.5 Å². The van der Waals surface area contributed by atoms with Gasteiger partial charge in [-0.2, -0.15) is 5.26 Å². The van der Waals surface area contributed by atoms with Crippen molar-refractivity contribution in [2.24, 2.45) is 0 Å². The van der Waals surface area contributed by atoms with Gasteiger partial charge < -0.3 is 14.8 Å². The maximum absolute atomic E-state index is 12.2. The Hall–Kier alpha value is -3.04. The molecule has 26 heavy (non-hydrogen) atoms. The van der Waals surface area contributed by atoms with Crippen LogP contribution in [0.2, 0.25) is 0 Å². The number of carbonyl (C=O) groups excluding carboxylic acids is 1. The highest BCUT2D eigenvalue weighted by atomic mass is 16.5. The SMILES string of the molecule is COc1cccc(CN(C)CC(=O)Nc2ccc(CC#N)cc2)c1OC. The van der Waals surface area contributed by atoms with Crippen LogP contribution < -0.4 is 14.8 Å². The summed E-state index contributed by atoms with van der Waals surface area (Å²) < 4.78 is 10.7. The highest BCUT2D eigenvalue weighted by Crippen LogP contribution is 2.31. The summed E-state index contributed by atoms with van der Waals surface area (Å²) in [6.07, 6.45) is 0.360. The van der Waals surface area contributed by atoms with E-state index in [4.69, 9.17) is 14.7 Å². The van der Waals surface area contributed by atoms with Gasteiger partial charge in [-0.1, -0.05) is 24.3 Å². The monoisotopic (exact) mass is 353 g/mol. The Kier molecular flexibility index (Phi) is 7.01. The molecule has 0 spiro atoms. The summed E-state index contributed by atoms with van der Waals surface area (Å²) in [5.41, 5.74) is 2.58. The number of nitrogens with zero attached hydrogens (tertiary/aromatic N) is 2. The van der Waals surface area contributed by atoms with Crippen molar-refractivity contribution < 1.29 is 14.3 Å². The fourth-order valence-corrected chi connectivity index (χ4v) is 2.67. The molecule has 0 fully saturated rings. The molecule has 0 radical (unpaired) electrons. The van der Waals surface area contributed by atoms with Gasteiger partial charge in [0.25, 0.3) is 0 Å². The second-order valence-corrected chi connectivity index (χ2v) is 5.90. The fourth-order valence-electron chi connectivity index (χ4n) is 2.67. The number of ether oxygens (including phenoxy) is 2. The van der Waals surface area contributed by atoms with Gasteiger partial charge in [0.15, 0.2) is 11.5 Å². The largest absolute Gasteiger partial charge is 0.493 e. The van der Waals surface area contributed by atoms with Gasteiger partial charge in [0.2, 0.25) is 5.91 Å². The zero-order chi connectivity index (χ0) is 18.9. The van der Waals surface area contributed by atoms with E-state index in [1.54, 1.807) is 26.4 Å². The van der Waals surface area contributed by atoms with E-state index >= 15 is 0 Å². The molecule has 2 aromatic carbocycles. The molecule has 1 amide bonds. The van der Waals surface area contributed by atoms with E-state index in [9.17, 15) is 4.79 Å². The Morgan fingerprint density at radius 2 is 1.88 bits per heavy atom. The van der Waals surface area contributed by atoms with Gasteiger partial charge in [-0.25, -0.2) is 0 Å². The average molecular weight is 353 g/mol. The molecular weight excluding hydrogens is 330 g/mol. The predicted octanol–water partition coefficient (Wildman–Crippen LogP) is 2.84. The summed E-state index contributed by atoms with van der Waals surface area (Å²) in [4.78, 5) is 14.1.